The molecule has 0 bridgehead atoms. The number of hydrogen-bond acceptors (Lipinski definition) is 3. The maximum atomic E-state index is 9.43. The van der Waals surface area contributed by atoms with Crippen LogP contribution in [0, 0.1) is 6.92 Å². The van der Waals surface area contributed by atoms with Crippen molar-refractivity contribution in [2.45, 2.75) is 20.0 Å². The average Bonchev–Trinajstić information content (AvgIpc) is 2.13. The SMILES string of the molecule is COCC(C)Oc1cccc(O)c1C. The molecule has 3 nitrogen and oxygen atoms in total. The Bertz CT molecular complexity index is 297. The number of methoxy groups -OCH3 is 1. The van der Waals surface area contributed by atoms with Crippen molar-refractivity contribution >= 4 is 0 Å². The van der Waals surface area contributed by atoms with Crippen molar-refractivity contribution < 1.29 is 14.6 Å². The molecular formula is C11H16O3. The third-order valence-corrected chi connectivity index (χ3v) is 1.99. The molecule has 0 saturated heterocycles. The van der Waals surface area contributed by atoms with Gasteiger partial charge in [0.2, 0.25) is 0 Å². The molecular weight excluding hydrogens is 180 g/mol. The summed E-state index contributed by atoms with van der Waals surface area (Å²) in [5.41, 5.74) is 0.760. The molecule has 0 aliphatic carbocycles. The molecule has 0 saturated carbocycles. The Hall–Kier alpha value is -1.22. The first-order valence-corrected chi connectivity index (χ1v) is 4.59. The van der Waals surface area contributed by atoms with Gasteiger partial charge in [-0.2, -0.15) is 0 Å². The maximum Gasteiger partial charge on any atom is 0.126 e. The highest BCUT2D eigenvalue weighted by Gasteiger charge is 2.07. The molecule has 0 aliphatic rings. The summed E-state index contributed by atoms with van der Waals surface area (Å²) in [6.07, 6.45) is -0.0134. The molecule has 0 aromatic heterocycles. The summed E-state index contributed by atoms with van der Waals surface area (Å²) >= 11 is 0. The smallest absolute Gasteiger partial charge is 0.126 e. The van der Waals surface area contributed by atoms with Crippen molar-refractivity contribution in [1.29, 1.82) is 0 Å². The van der Waals surface area contributed by atoms with Gasteiger partial charge < -0.3 is 14.6 Å². The van der Waals surface area contributed by atoms with Gasteiger partial charge in [0.05, 0.1) is 6.61 Å². The predicted molar refractivity (Wildman–Crippen MR) is 54.8 cm³/mol. The van der Waals surface area contributed by atoms with E-state index in [0.717, 1.165) is 5.56 Å². The molecule has 0 radical (unpaired) electrons. The van der Waals surface area contributed by atoms with E-state index in [2.05, 4.69) is 0 Å². The van der Waals surface area contributed by atoms with Crippen LogP contribution in [0.15, 0.2) is 18.2 Å². The minimum atomic E-state index is -0.0134. The molecule has 1 rings (SSSR count). The van der Waals surface area contributed by atoms with Crippen molar-refractivity contribution in [3.63, 3.8) is 0 Å². The summed E-state index contributed by atoms with van der Waals surface area (Å²) in [6.45, 7) is 4.28. The third kappa shape index (κ3) is 2.64. The molecule has 0 aliphatic heterocycles. The zero-order valence-corrected chi connectivity index (χ0v) is 8.78. The van der Waals surface area contributed by atoms with Gasteiger partial charge in [0, 0.05) is 12.7 Å². The minimum absolute atomic E-state index is 0.0134. The van der Waals surface area contributed by atoms with Gasteiger partial charge in [-0.25, -0.2) is 0 Å². The van der Waals surface area contributed by atoms with Gasteiger partial charge in [0.25, 0.3) is 0 Å². The Morgan fingerprint density at radius 2 is 2.14 bits per heavy atom. The largest absolute Gasteiger partial charge is 0.508 e. The lowest BCUT2D eigenvalue weighted by molar-refractivity contribution is 0.0914. The zero-order chi connectivity index (χ0) is 10.6. The first-order chi connectivity index (χ1) is 6.65. The predicted octanol–water partition coefficient (Wildman–Crippen LogP) is 2.11. The molecule has 0 spiro atoms. The fourth-order valence-electron chi connectivity index (χ4n) is 1.22. The Balaban J connectivity index is 2.71. The summed E-state index contributed by atoms with van der Waals surface area (Å²) in [5.74, 6) is 0.960. The van der Waals surface area contributed by atoms with E-state index in [-0.39, 0.29) is 11.9 Å². The van der Waals surface area contributed by atoms with Crippen LogP contribution in [0.4, 0.5) is 0 Å². The molecule has 3 heteroatoms. The standard InChI is InChI=1S/C11H16O3/c1-8(7-13-3)14-11-6-4-5-10(12)9(11)2/h4-6,8,12H,7H2,1-3H3. The zero-order valence-electron chi connectivity index (χ0n) is 8.78. The van der Waals surface area contributed by atoms with Crippen molar-refractivity contribution in [2.75, 3.05) is 13.7 Å². The van der Waals surface area contributed by atoms with Gasteiger partial charge in [-0.05, 0) is 26.0 Å². The van der Waals surface area contributed by atoms with E-state index in [1.54, 1.807) is 19.2 Å². The summed E-state index contributed by atoms with van der Waals surface area (Å²) < 4.78 is 10.5. The van der Waals surface area contributed by atoms with Crippen LogP contribution in [0.5, 0.6) is 11.5 Å². The van der Waals surface area contributed by atoms with E-state index in [1.165, 1.54) is 0 Å². The summed E-state index contributed by atoms with van der Waals surface area (Å²) in [5, 5.41) is 9.43. The Morgan fingerprint density at radius 1 is 1.43 bits per heavy atom. The van der Waals surface area contributed by atoms with Gasteiger partial charge in [-0.1, -0.05) is 6.07 Å². The van der Waals surface area contributed by atoms with Crippen LogP contribution in [0.2, 0.25) is 0 Å². The first kappa shape index (κ1) is 10.9. The van der Waals surface area contributed by atoms with Crippen LogP contribution in [-0.2, 0) is 4.74 Å². The molecule has 1 N–H and O–H groups in total. The van der Waals surface area contributed by atoms with Crippen molar-refractivity contribution in [3.8, 4) is 11.5 Å². The molecule has 1 aromatic rings. The highest BCUT2D eigenvalue weighted by atomic mass is 16.5. The lowest BCUT2D eigenvalue weighted by atomic mass is 10.2. The highest BCUT2D eigenvalue weighted by Crippen LogP contribution is 2.26. The number of benzene rings is 1. The minimum Gasteiger partial charge on any atom is -0.508 e. The molecule has 1 unspecified atom stereocenters. The van der Waals surface area contributed by atoms with Gasteiger partial charge in [-0.3, -0.25) is 0 Å². The van der Waals surface area contributed by atoms with Gasteiger partial charge in [0.1, 0.15) is 17.6 Å². The second-order valence-electron chi connectivity index (χ2n) is 3.28. The molecule has 78 valence electrons. The second-order valence-corrected chi connectivity index (χ2v) is 3.28. The van der Waals surface area contributed by atoms with Gasteiger partial charge in [-0.15, -0.1) is 0 Å². The van der Waals surface area contributed by atoms with E-state index in [4.69, 9.17) is 9.47 Å². The van der Waals surface area contributed by atoms with Gasteiger partial charge in [0.15, 0.2) is 0 Å². The van der Waals surface area contributed by atoms with E-state index in [0.29, 0.717) is 12.4 Å². The van der Waals surface area contributed by atoms with E-state index < -0.39 is 0 Å². The van der Waals surface area contributed by atoms with Crippen molar-refractivity contribution in [2.24, 2.45) is 0 Å². The number of phenolic OH excluding ortho intramolecular Hbond substituents is 1. The molecule has 1 aromatic carbocycles. The second kappa shape index (κ2) is 4.86. The average molecular weight is 196 g/mol. The lowest BCUT2D eigenvalue weighted by Crippen LogP contribution is -2.18. The van der Waals surface area contributed by atoms with Crippen LogP contribution in [-0.4, -0.2) is 24.9 Å². The van der Waals surface area contributed by atoms with E-state index >= 15 is 0 Å². The summed E-state index contributed by atoms with van der Waals surface area (Å²) in [6, 6.07) is 5.24. The van der Waals surface area contributed by atoms with Gasteiger partial charge >= 0.3 is 0 Å². The third-order valence-electron chi connectivity index (χ3n) is 1.99. The van der Waals surface area contributed by atoms with Crippen molar-refractivity contribution in [1.82, 2.24) is 0 Å². The number of rotatable bonds is 4. The van der Waals surface area contributed by atoms with Crippen LogP contribution in [0.25, 0.3) is 0 Å². The fraction of sp³-hybridized carbons (Fsp3) is 0.455. The number of aromatic hydroxyl groups is 1. The van der Waals surface area contributed by atoms with Crippen LogP contribution in [0.3, 0.4) is 0 Å². The molecule has 0 fully saturated rings. The number of hydrogen-bond donors (Lipinski definition) is 1. The summed E-state index contributed by atoms with van der Waals surface area (Å²) in [4.78, 5) is 0. The molecule has 14 heavy (non-hydrogen) atoms. The maximum absolute atomic E-state index is 9.43. The monoisotopic (exact) mass is 196 g/mol. The normalized spacial score (nSPS) is 12.5. The molecule has 0 heterocycles. The number of phenols is 1. The molecule has 0 amide bonds. The summed E-state index contributed by atoms with van der Waals surface area (Å²) in [7, 11) is 1.63. The van der Waals surface area contributed by atoms with Crippen LogP contribution in [0.1, 0.15) is 12.5 Å². The quantitative estimate of drug-likeness (QED) is 0.801. The van der Waals surface area contributed by atoms with E-state index in [1.807, 2.05) is 19.9 Å². The Kier molecular flexibility index (Phi) is 3.77. The first-order valence-electron chi connectivity index (χ1n) is 4.59. The van der Waals surface area contributed by atoms with E-state index in [9.17, 15) is 5.11 Å². The topological polar surface area (TPSA) is 38.7 Å². The Morgan fingerprint density at radius 3 is 2.79 bits per heavy atom. The van der Waals surface area contributed by atoms with Crippen molar-refractivity contribution in [3.05, 3.63) is 23.8 Å². The van der Waals surface area contributed by atoms with Crippen LogP contribution >= 0.6 is 0 Å². The number of ether oxygens (including phenoxy) is 2. The highest BCUT2D eigenvalue weighted by molar-refractivity contribution is 5.42. The molecule has 1 atom stereocenters. The lowest BCUT2D eigenvalue weighted by Gasteiger charge is -2.15. The van der Waals surface area contributed by atoms with Crippen LogP contribution < -0.4 is 4.74 Å². The Labute approximate surface area is 84.3 Å². The fourth-order valence-corrected chi connectivity index (χ4v) is 1.22.